The first kappa shape index (κ1) is 16.4. The Morgan fingerprint density at radius 2 is 1.96 bits per heavy atom. The maximum absolute atomic E-state index is 10.4. The first-order valence-corrected chi connectivity index (χ1v) is 8.79. The first-order chi connectivity index (χ1) is 12.7. The number of para-hydroxylation sites is 1. The number of fused-ring (bicyclic) bond motifs is 1. The van der Waals surface area contributed by atoms with Crippen molar-refractivity contribution in [2.45, 2.75) is 18.9 Å². The molecule has 1 aliphatic heterocycles. The number of nitrogens with zero attached hydrogens (tertiary/aromatic N) is 3. The van der Waals surface area contributed by atoms with Gasteiger partial charge in [0, 0.05) is 42.0 Å². The molecule has 2 heterocycles. The van der Waals surface area contributed by atoms with E-state index >= 15 is 0 Å². The topological polar surface area (TPSA) is 86.2 Å². The lowest BCUT2D eigenvalue weighted by Crippen LogP contribution is -2.39. The van der Waals surface area contributed by atoms with Crippen molar-refractivity contribution in [1.82, 2.24) is 4.98 Å². The Hall–Kier alpha value is -3.10. The normalized spacial score (nSPS) is 15.2. The second-order valence-electron chi connectivity index (χ2n) is 6.70. The summed E-state index contributed by atoms with van der Waals surface area (Å²) in [7, 11) is 0. The molecular weight excluding hydrogens is 324 g/mol. The fourth-order valence-electron chi connectivity index (χ4n) is 3.58. The third-order valence-corrected chi connectivity index (χ3v) is 5.07. The molecule has 5 nitrogen and oxygen atoms in total. The van der Waals surface area contributed by atoms with Crippen molar-refractivity contribution in [2.75, 3.05) is 18.0 Å². The minimum atomic E-state index is 0.0173. The molecule has 0 atom stereocenters. The maximum Gasteiger partial charge on any atom is 0.141 e. The Kier molecular flexibility index (Phi) is 4.19. The second-order valence-corrected chi connectivity index (χ2v) is 6.70. The van der Waals surface area contributed by atoms with Crippen LogP contribution in [0.15, 0.2) is 48.7 Å². The van der Waals surface area contributed by atoms with Gasteiger partial charge in [-0.25, -0.2) is 0 Å². The van der Waals surface area contributed by atoms with Gasteiger partial charge in [0.15, 0.2) is 0 Å². The Balaban J connectivity index is 1.82. The molecule has 1 fully saturated rings. The molecule has 0 saturated carbocycles. The fourth-order valence-corrected chi connectivity index (χ4v) is 3.58. The van der Waals surface area contributed by atoms with E-state index in [2.05, 4.69) is 9.88 Å². The highest BCUT2D eigenvalue weighted by Crippen LogP contribution is 2.36. The second kappa shape index (κ2) is 6.66. The number of nitriles is 1. The van der Waals surface area contributed by atoms with Crippen molar-refractivity contribution in [3.63, 3.8) is 0 Å². The predicted molar refractivity (Wildman–Crippen MR) is 103 cm³/mol. The zero-order chi connectivity index (χ0) is 18.1. The van der Waals surface area contributed by atoms with Gasteiger partial charge in [-0.15, -0.1) is 0 Å². The minimum Gasteiger partial charge on any atom is -0.506 e. The van der Waals surface area contributed by atoms with Gasteiger partial charge >= 0.3 is 0 Å². The molecule has 0 spiro atoms. The van der Waals surface area contributed by atoms with E-state index in [1.165, 1.54) is 0 Å². The molecule has 2 aromatic carbocycles. The van der Waals surface area contributed by atoms with Crippen LogP contribution in [0.25, 0.3) is 22.0 Å². The van der Waals surface area contributed by atoms with Gasteiger partial charge in [0.05, 0.1) is 11.1 Å². The van der Waals surface area contributed by atoms with Crippen LogP contribution in [0.5, 0.6) is 5.75 Å². The standard InChI is InChI=1S/C21H20N4O/c22-13-15-2-1-3-17(21(15)26)14-4-5-19-18(12-14)20(6-9-24-19)25-10-7-16(23)8-11-25/h1-6,9,12,16,26H,7-8,10-11,23H2. The van der Waals surface area contributed by atoms with Crippen molar-refractivity contribution in [1.29, 1.82) is 5.26 Å². The summed E-state index contributed by atoms with van der Waals surface area (Å²) >= 11 is 0. The average molecular weight is 344 g/mol. The number of phenolic OH excluding ortho intramolecular Hbond substituents is 1. The zero-order valence-electron chi connectivity index (χ0n) is 14.4. The van der Waals surface area contributed by atoms with E-state index in [1.54, 1.807) is 12.1 Å². The summed E-state index contributed by atoms with van der Waals surface area (Å²) in [6.07, 6.45) is 3.79. The van der Waals surface area contributed by atoms with Gasteiger partial charge < -0.3 is 15.7 Å². The summed E-state index contributed by atoms with van der Waals surface area (Å²) in [6, 6.07) is 15.5. The maximum atomic E-state index is 10.4. The molecular formula is C21H20N4O. The fraction of sp³-hybridized carbons (Fsp3) is 0.238. The number of benzene rings is 2. The molecule has 3 N–H and O–H groups in total. The number of hydrogen-bond acceptors (Lipinski definition) is 5. The third-order valence-electron chi connectivity index (χ3n) is 5.07. The van der Waals surface area contributed by atoms with Gasteiger partial charge in [0.2, 0.25) is 0 Å². The molecule has 0 aliphatic carbocycles. The van der Waals surface area contributed by atoms with Gasteiger partial charge in [0.25, 0.3) is 0 Å². The number of aromatic hydroxyl groups is 1. The number of hydrogen-bond donors (Lipinski definition) is 2. The van der Waals surface area contributed by atoms with Gasteiger partial charge in [-0.1, -0.05) is 18.2 Å². The Bertz CT molecular complexity index is 1000. The average Bonchev–Trinajstić information content (AvgIpc) is 2.68. The van der Waals surface area contributed by atoms with Crippen molar-refractivity contribution in [3.8, 4) is 22.9 Å². The summed E-state index contributed by atoms with van der Waals surface area (Å²) in [4.78, 5) is 6.83. The Morgan fingerprint density at radius 1 is 1.15 bits per heavy atom. The molecule has 5 heteroatoms. The number of phenols is 1. The van der Waals surface area contributed by atoms with Crippen LogP contribution >= 0.6 is 0 Å². The molecule has 26 heavy (non-hydrogen) atoms. The first-order valence-electron chi connectivity index (χ1n) is 8.79. The van der Waals surface area contributed by atoms with Crippen LogP contribution in [0.1, 0.15) is 18.4 Å². The van der Waals surface area contributed by atoms with Crippen LogP contribution in [0.3, 0.4) is 0 Å². The molecule has 3 aromatic rings. The van der Waals surface area contributed by atoms with Gasteiger partial charge in [-0.3, -0.25) is 4.98 Å². The van der Waals surface area contributed by atoms with Crippen LogP contribution in [-0.2, 0) is 0 Å². The monoisotopic (exact) mass is 344 g/mol. The van der Waals surface area contributed by atoms with E-state index in [9.17, 15) is 5.11 Å². The molecule has 0 amide bonds. The lowest BCUT2D eigenvalue weighted by Gasteiger charge is -2.32. The number of pyridine rings is 1. The molecule has 1 aromatic heterocycles. The van der Waals surface area contributed by atoms with E-state index < -0.39 is 0 Å². The Morgan fingerprint density at radius 3 is 2.73 bits per heavy atom. The van der Waals surface area contributed by atoms with Gasteiger partial charge in [-0.2, -0.15) is 5.26 Å². The smallest absolute Gasteiger partial charge is 0.141 e. The molecule has 1 aliphatic rings. The summed E-state index contributed by atoms with van der Waals surface area (Å²) in [5, 5.41) is 20.6. The van der Waals surface area contributed by atoms with E-state index in [0.717, 1.165) is 48.1 Å². The minimum absolute atomic E-state index is 0.0173. The molecule has 4 rings (SSSR count). The highest BCUT2D eigenvalue weighted by atomic mass is 16.3. The Labute approximate surface area is 152 Å². The summed E-state index contributed by atoms with van der Waals surface area (Å²) in [6.45, 7) is 1.86. The molecule has 0 bridgehead atoms. The number of nitrogens with two attached hydrogens (primary N) is 1. The van der Waals surface area contributed by atoms with Crippen LogP contribution in [-0.4, -0.2) is 29.2 Å². The van der Waals surface area contributed by atoms with Crippen LogP contribution in [0.2, 0.25) is 0 Å². The SMILES string of the molecule is N#Cc1cccc(-c2ccc3nccc(N4CCC(N)CC4)c3c2)c1O. The van der Waals surface area contributed by atoms with E-state index in [0.29, 0.717) is 5.56 Å². The lowest BCUT2D eigenvalue weighted by atomic mass is 9.98. The van der Waals surface area contributed by atoms with Crippen molar-refractivity contribution >= 4 is 16.6 Å². The third kappa shape index (κ3) is 2.85. The van der Waals surface area contributed by atoms with E-state index in [1.807, 2.05) is 42.6 Å². The van der Waals surface area contributed by atoms with Crippen LogP contribution in [0, 0.1) is 11.3 Å². The van der Waals surface area contributed by atoms with E-state index in [4.69, 9.17) is 11.0 Å². The largest absolute Gasteiger partial charge is 0.506 e. The van der Waals surface area contributed by atoms with Crippen molar-refractivity contribution < 1.29 is 5.11 Å². The lowest BCUT2D eigenvalue weighted by molar-refractivity contribution is 0.475. The zero-order valence-corrected chi connectivity index (χ0v) is 14.4. The number of rotatable bonds is 2. The van der Waals surface area contributed by atoms with Crippen LogP contribution < -0.4 is 10.6 Å². The molecule has 0 radical (unpaired) electrons. The molecule has 130 valence electrons. The molecule has 0 unspecified atom stereocenters. The van der Waals surface area contributed by atoms with Gasteiger partial charge in [-0.05, 0) is 42.7 Å². The summed E-state index contributed by atoms with van der Waals surface area (Å²) < 4.78 is 0. The van der Waals surface area contributed by atoms with Gasteiger partial charge in [0.1, 0.15) is 11.8 Å². The quantitative estimate of drug-likeness (QED) is 0.744. The molecule has 1 saturated heterocycles. The van der Waals surface area contributed by atoms with Crippen molar-refractivity contribution in [3.05, 3.63) is 54.2 Å². The highest BCUT2D eigenvalue weighted by Gasteiger charge is 2.19. The number of anilines is 1. The van der Waals surface area contributed by atoms with Crippen molar-refractivity contribution in [2.24, 2.45) is 5.73 Å². The number of piperidine rings is 1. The van der Waals surface area contributed by atoms with E-state index in [-0.39, 0.29) is 17.4 Å². The summed E-state index contributed by atoms with van der Waals surface area (Å²) in [5.41, 5.74) is 9.89. The number of aromatic nitrogens is 1. The predicted octanol–water partition coefficient (Wildman–Crippen LogP) is 3.41. The summed E-state index contributed by atoms with van der Waals surface area (Å²) in [5.74, 6) is 0.0173. The van der Waals surface area contributed by atoms with Crippen LogP contribution in [0.4, 0.5) is 5.69 Å². The highest BCUT2D eigenvalue weighted by molar-refractivity contribution is 5.95.